The first kappa shape index (κ1) is 18.7. The van der Waals surface area contributed by atoms with Gasteiger partial charge in [0.2, 0.25) is 5.91 Å². The molecular weight excluding hydrogens is 284 g/mol. The maximum atomic E-state index is 10.9. The van der Waals surface area contributed by atoms with Gasteiger partial charge in [0, 0.05) is 5.92 Å². The summed E-state index contributed by atoms with van der Waals surface area (Å²) < 4.78 is 0. The molecule has 0 aromatic rings. The van der Waals surface area contributed by atoms with E-state index in [1.165, 1.54) is 18.7 Å². The third kappa shape index (κ3) is 8.76. The summed E-state index contributed by atoms with van der Waals surface area (Å²) in [5, 5.41) is 14.8. The van der Waals surface area contributed by atoms with Crippen molar-refractivity contribution in [2.24, 2.45) is 11.7 Å². The van der Waals surface area contributed by atoms with Gasteiger partial charge in [-0.25, -0.2) is 9.59 Å². The first-order chi connectivity index (χ1) is 9.38. The Balaban J connectivity index is 0.000000511. The van der Waals surface area contributed by atoms with Crippen molar-refractivity contribution in [3.8, 4) is 0 Å². The lowest BCUT2D eigenvalue weighted by molar-refractivity contribution is -0.159. The molecule has 0 aromatic carbocycles. The lowest BCUT2D eigenvalue weighted by atomic mass is 9.96. The Hall–Kier alpha value is -1.28. The molecule has 20 heavy (non-hydrogen) atoms. The molecule has 116 valence electrons. The number of rotatable bonds is 5. The molecule has 0 aliphatic carbocycles. The van der Waals surface area contributed by atoms with Crippen LogP contribution in [0.5, 0.6) is 0 Å². The van der Waals surface area contributed by atoms with Crippen LogP contribution in [0, 0.1) is 5.92 Å². The number of nitrogens with zero attached hydrogens (tertiary/aromatic N) is 1. The van der Waals surface area contributed by atoms with Gasteiger partial charge in [0.15, 0.2) is 0 Å². The second-order valence-electron chi connectivity index (χ2n) is 4.47. The van der Waals surface area contributed by atoms with E-state index in [0.29, 0.717) is 0 Å². The highest BCUT2D eigenvalue weighted by atomic mass is 32.2. The number of aliphatic carboxylic acids is 2. The van der Waals surface area contributed by atoms with Crippen LogP contribution in [0.1, 0.15) is 19.3 Å². The molecule has 4 N–H and O–H groups in total. The highest BCUT2D eigenvalue weighted by molar-refractivity contribution is 7.98. The maximum absolute atomic E-state index is 10.9. The molecule has 1 heterocycles. The van der Waals surface area contributed by atoms with Crippen LogP contribution in [0.15, 0.2) is 0 Å². The Morgan fingerprint density at radius 3 is 2.05 bits per heavy atom. The quantitative estimate of drug-likeness (QED) is 0.486. The minimum Gasteiger partial charge on any atom is -0.473 e. The van der Waals surface area contributed by atoms with E-state index in [1.807, 2.05) is 11.8 Å². The molecule has 8 heteroatoms. The fourth-order valence-corrected chi connectivity index (χ4v) is 2.29. The maximum Gasteiger partial charge on any atom is 0.414 e. The fraction of sp³-hybridized carbons (Fsp3) is 0.750. The molecule has 1 amide bonds. The molecular formula is C12H22N2O5S. The molecule has 0 bridgehead atoms. The van der Waals surface area contributed by atoms with E-state index in [1.54, 1.807) is 0 Å². The molecule has 0 atom stereocenters. The lowest BCUT2D eigenvalue weighted by Crippen LogP contribution is -2.39. The van der Waals surface area contributed by atoms with Crippen LogP contribution in [0.2, 0.25) is 0 Å². The molecule has 0 spiro atoms. The molecule has 1 saturated heterocycles. The van der Waals surface area contributed by atoms with Crippen LogP contribution in [0.4, 0.5) is 0 Å². The zero-order valence-electron chi connectivity index (χ0n) is 11.6. The minimum absolute atomic E-state index is 0.117. The van der Waals surface area contributed by atoms with Crippen LogP contribution in [-0.2, 0) is 14.4 Å². The molecule has 0 saturated carbocycles. The summed E-state index contributed by atoms with van der Waals surface area (Å²) in [6.07, 6.45) is 5.30. The van der Waals surface area contributed by atoms with Crippen molar-refractivity contribution >= 4 is 29.6 Å². The van der Waals surface area contributed by atoms with Crippen molar-refractivity contribution in [2.45, 2.75) is 19.3 Å². The fourth-order valence-electron chi connectivity index (χ4n) is 1.87. The van der Waals surface area contributed by atoms with Crippen LogP contribution in [0.3, 0.4) is 0 Å². The van der Waals surface area contributed by atoms with Gasteiger partial charge >= 0.3 is 11.9 Å². The van der Waals surface area contributed by atoms with Gasteiger partial charge in [-0.2, -0.15) is 11.8 Å². The minimum atomic E-state index is -1.82. The van der Waals surface area contributed by atoms with E-state index in [9.17, 15) is 4.79 Å². The number of hydrogen-bond acceptors (Lipinski definition) is 5. The van der Waals surface area contributed by atoms with Gasteiger partial charge in [-0.15, -0.1) is 0 Å². The topological polar surface area (TPSA) is 121 Å². The number of carbonyl (C=O) groups is 3. The lowest BCUT2D eigenvalue weighted by Gasteiger charge is -2.30. The number of primary amides is 1. The van der Waals surface area contributed by atoms with Gasteiger partial charge < -0.3 is 20.8 Å². The summed E-state index contributed by atoms with van der Waals surface area (Å²) in [4.78, 5) is 31.6. The SMILES string of the molecule is CSCCCN1CCC(C(N)=O)CC1.O=C(O)C(=O)O. The van der Waals surface area contributed by atoms with Crippen molar-refractivity contribution in [3.05, 3.63) is 0 Å². The highest BCUT2D eigenvalue weighted by Crippen LogP contribution is 2.16. The number of amides is 1. The summed E-state index contributed by atoms with van der Waals surface area (Å²) in [7, 11) is 0. The predicted octanol–water partition coefficient (Wildman–Crippen LogP) is 0.0924. The van der Waals surface area contributed by atoms with Crippen molar-refractivity contribution in [2.75, 3.05) is 31.6 Å². The number of nitrogens with two attached hydrogens (primary N) is 1. The van der Waals surface area contributed by atoms with Crippen molar-refractivity contribution in [1.82, 2.24) is 4.90 Å². The zero-order valence-corrected chi connectivity index (χ0v) is 12.4. The number of carbonyl (C=O) groups excluding carboxylic acids is 1. The van der Waals surface area contributed by atoms with Crippen molar-refractivity contribution in [3.63, 3.8) is 0 Å². The predicted molar refractivity (Wildman–Crippen MR) is 76.6 cm³/mol. The number of carboxylic acids is 2. The van der Waals surface area contributed by atoms with E-state index >= 15 is 0 Å². The van der Waals surface area contributed by atoms with E-state index in [2.05, 4.69) is 11.2 Å². The van der Waals surface area contributed by atoms with Crippen molar-refractivity contribution in [1.29, 1.82) is 0 Å². The second kappa shape index (κ2) is 10.5. The molecule has 0 unspecified atom stereocenters. The van der Waals surface area contributed by atoms with Crippen molar-refractivity contribution < 1.29 is 24.6 Å². The number of piperidine rings is 1. The average Bonchev–Trinajstić information content (AvgIpc) is 2.40. The monoisotopic (exact) mass is 306 g/mol. The average molecular weight is 306 g/mol. The third-order valence-corrected chi connectivity index (χ3v) is 3.69. The summed E-state index contributed by atoms with van der Waals surface area (Å²) in [5.41, 5.74) is 5.27. The number of carboxylic acid groups (broad SMARTS) is 2. The van der Waals surface area contributed by atoms with E-state index in [4.69, 9.17) is 25.5 Å². The third-order valence-electron chi connectivity index (χ3n) is 3.00. The summed E-state index contributed by atoms with van der Waals surface area (Å²) in [5.74, 6) is -2.40. The Morgan fingerprint density at radius 1 is 1.20 bits per heavy atom. The largest absolute Gasteiger partial charge is 0.473 e. The summed E-state index contributed by atoms with van der Waals surface area (Å²) in [6, 6.07) is 0. The van der Waals surface area contributed by atoms with Gasteiger partial charge in [0.1, 0.15) is 0 Å². The molecule has 1 aliphatic rings. The number of thioether (sulfide) groups is 1. The van der Waals surface area contributed by atoms with Crippen LogP contribution in [0.25, 0.3) is 0 Å². The van der Waals surface area contributed by atoms with E-state index < -0.39 is 11.9 Å². The van der Waals surface area contributed by atoms with Crippen LogP contribution >= 0.6 is 11.8 Å². The summed E-state index contributed by atoms with van der Waals surface area (Å²) in [6.45, 7) is 3.26. The van der Waals surface area contributed by atoms with Crippen LogP contribution in [-0.4, -0.2) is 64.6 Å². The Kier molecular flexibility index (Phi) is 9.83. The molecule has 0 radical (unpaired) electrons. The van der Waals surface area contributed by atoms with Gasteiger partial charge in [0.25, 0.3) is 0 Å². The molecule has 0 aromatic heterocycles. The van der Waals surface area contributed by atoms with Gasteiger partial charge in [-0.05, 0) is 50.9 Å². The van der Waals surface area contributed by atoms with Gasteiger partial charge in [-0.3, -0.25) is 4.79 Å². The molecule has 1 aliphatic heterocycles. The zero-order chi connectivity index (χ0) is 15.5. The standard InChI is InChI=1S/C10H20N2OS.C2H2O4/c1-14-8-2-5-12-6-3-9(4-7-12)10(11)13;3-1(4)2(5)6/h9H,2-8H2,1H3,(H2,11,13);(H,3,4)(H,5,6). The first-order valence-corrected chi connectivity index (χ1v) is 7.74. The Morgan fingerprint density at radius 2 is 1.70 bits per heavy atom. The van der Waals surface area contributed by atoms with Gasteiger partial charge in [0.05, 0.1) is 0 Å². The Labute approximate surface area is 122 Å². The Bertz CT molecular complexity index is 318. The highest BCUT2D eigenvalue weighted by Gasteiger charge is 2.22. The summed E-state index contributed by atoms with van der Waals surface area (Å²) >= 11 is 1.89. The molecule has 7 nitrogen and oxygen atoms in total. The van der Waals surface area contributed by atoms with E-state index in [-0.39, 0.29) is 11.8 Å². The normalized spacial score (nSPS) is 16.1. The first-order valence-electron chi connectivity index (χ1n) is 6.35. The smallest absolute Gasteiger partial charge is 0.414 e. The second-order valence-corrected chi connectivity index (χ2v) is 5.46. The van der Waals surface area contributed by atoms with Crippen LogP contribution < -0.4 is 5.73 Å². The number of hydrogen-bond donors (Lipinski definition) is 3. The number of likely N-dealkylation sites (tertiary alicyclic amines) is 1. The van der Waals surface area contributed by atoms with Gasteiger partial charge in [-0.1, -0.05) is 0 Å². The van der Waals surface area contributed by atoms with E-state index in [0.717, 1.165) is 25.9 Å². The molecule has 1 rings (SSSR count). The molecule has 1 fully saturated rings.